The third kappa shape index (κ3) is 2.24. The molecule has 3 aromatic rings. The number of carboxylic acids is 1. The molecule has 4 nitrogen and oxygen atoms in total. The first kappa shape index (κ1) is 13.0. The van der Waals surface area contributed by atoms with Gasteiger partial charge in [0.2, 0.25) is 0 Å². The van der Waals surface area contributed by atoms with Gasteiger partial charge in [0.25, 0.3) is 0 Å². The van der Waals surface area contributed by atoms with Gasteiger partial charge in [-0.2, -0.15) is 0 Å². The van der Waals surface area contributed by atoms with E-state index in [1.54, 1.807) is 41.2 Å². The molecule has 0 saturated heterocycles. The van der Waals surface area contributed by atoms with Crippen molar-refractivity contribution < 1.29 is 9.90 Å². The highest BCUT2D eigenvalue weighted by Gasteiger charge is 2.10. The number of carboxylic acid groups (broad SMARTS) is 1. The highest BCUT2D eigenvalue weighted by atomic mass is 35.5. The van der Waals surface area contributed by atoms with Crippen LogP contribution in [0.25, 0.3) is 16.7 Å². The molecule has 0 amide bonds. The summed E-state index contributed by atoms with van der Waals surface area (Å²) in [6.07, 6.45) is 1.61. The van der Waals surface area contributed by atoms with Crippen LogP contribution < -0.4 is 0 Å². The van der Waals surface area contributed by atoms with Crippen LogP contribution in [0.3, 0.4) is 0 Å². The lowest BCUT2D eigenvalue weighted by Gasteiger charge is -2.06. The van der Waals surface area contributed by atoms with Crippen molar-refractivity contribution in [3.63, 3.8) is 0 Å². The Balaban J connectivity index is 2.25. The normalized spacial score (nSPS) is 10.9. The van der Waals surface area contributed by atoms with Crippen LogP contribution in [0, 0.1) is 0 Å². The van der Waals surface area contributed by atoms with Gasteiger partial charge in [-0.1, -0.05) is 23.2 Å². The number of halogens is 2. The summed E-state index contributed by atoms with van der Waals surface area (Å²) in [6, 6.07) is 9.87. The minimum atomic E-state index is -0.983. The van der Waals surface area contributed by atoms with E-state index in [-0.39, 0.29) is 5.56 Å². The zero-order chi connectivity index (χ0) is 14.3. The summed E-state index contributed by atoms with van der Waals surface area (Å²) in [6.45, 7) is 0. The van der Waals surface area contributed by atoms with Crippen molar-refractivity contribution in [2.24, 2.45) is 0 Å². The Labute approximate surface area is 124 Å². The van der Waals surface area contributed by atoms with Crippen LogP contribution in [0.15, 0.2) is 42.7 Å². The smallest absolute Gasteiger partial charge is 0.335 e. The van der Waals surface area contributed by atoms with E-state index in [9.17, 15) is 4.79 Å². The number of carbonyl (C=O) groups is 1. The summed E-state index contributed by atoms with van der Waals surface area (Å²) in [7, 11) is 0. The number of aromatic carboxylic acids is 1. The van der Waals surface area contributed by atoms with E-state index in [0.29, 0.717) is 21.1 Å². The van der Waals surface area contributed by atoms with Crippen molar-refractivity contribution in [3.8, 4) is 5.69 Å². The Bertz CT molecular complexity index is 807. The first-order chi connectivity index (χ1) is 9.54. The van der Waals surface area contributed by atoms with Crippen LogP contribution in [0.2, 0.25) is 10.0 Å². The third-order valence-corrected chi connectivity index (χ3v) is 3.36. The monoisotopic (exact) mass is 306 g/mol. The van der Waals surface area contributed by atoms with E-state index in [1.807, 2.05) is 0 Å². The fourth-order valence-electron chi connectivity index (χ4n) is 2.02. The van der Waals surface area contributed by atoms with Crippen LogP contribution in [-0.4, -0.2) is 20.6 Å². The summed E-state index contributed by atoms with van der Waals surface area (Å²) in [5, 5.41) is 10.1. The summed E-state index contributed by atoms with van der Waals surface area (Å²) in [5.41, 5.74) is 2.31. The third-order valence-electron chi connectivity index (χ3n) is 2.92. The van der Waals surface area contributed by atoms with Crippen LogP contribution in [-0.2, 0) is 0 Å². The number of rotatable bonds is 2. The zero-order valence-electron chi connectivity index (χ0n) is 10.0. The average molecular weight is 307 g/mol. The quantitative estimate of drug-likeness (QED) is 0.777. The Morgan fingerprint density at radius 2 is 1.80 bits per heavy atom. The van der Waals surface area contributed by atoms with Gasteiger partial charge in [-0.05, 0) is 36.4 Å². The second-order valence-electron chi connectivity index (χ2n) is 4.25. The molecule has 6 heteroatoms. The number of hydrogen-bond acceptors (Lipinski definition) is 2. The molecule has 0 unspecified atom stereocenters. The van der Waals surface area contributed by atoms with Crippen molar-refractivity contribution in [1.82, 2.24) is 9.55 Å². The molecule has 20 heavy (non-hydrogen) atoms. The molecule has 100 valence electrons. The van der Waals surface area contributed by atoms with Crippen molar-refractivity contribution in [2.45, 2.75) is 0 Å². The molecule has 0 spiro atoms. The fourth-order valence-corrected chi connectivity index (χ4v) is 2.54. The molecule has 0 aliphatic carbocycles. The lowest BCUT2D eigenvalue weighted by atomic mass is 10.2. The zero-order valence-corrected chi connectivity index (χ0v) is 11.6. The lowest BCUT2D eigenvalue weighted by Crippen LogP contribution is -1.97. The molecule has 0 aliphatic rings. The van der Waals surface area contributed by atoms with E-state index in [0.717, 1.165) is 5.69 Å². The van der Waals surface area contributed by atoms with E-state index in [2.05, 4.69) is 4.98 Å². The molecule has 0 fully saturated rings. The van der Waals surface area contributed by atoms with E-state index < -0.39 is 5.97 Å². The van der Waals surface area contributed by atoms with Crippen LogP contribution in [0.4, 0.5) is 0 Å². The van der Waals surface area contributed by atoms with Gasteiger partial charge < -0.3 is 5.11 Å². The molecular weight excluding hydrogens is 299 g/mol. The molecule has 0 bridgehead atoms. The predicted octanol–water partition coefficient (Wildman–Crippen LogP) is 4.03. The molecule has 3 rings (SSSR count). The number of nitrogens with zero attached hydrogens (tertiary/aromatic N) is 2. The first-order valence-corrected chi connectivity index (χ1v) is 6.47. The molecule has 0 saturated carbocycles. The molecule has 0 atom stereocenters. The highest BCUT2D eigenvalue weighted by Crippen LogP contribution is 2.25. The molecule has 0 radical (unpaired) electrons. The van der Waals surface area contributed by atoms with Gasteiger partial charge in [0.05, 0.1) is 22.3 Å². The fraction of sp³-hybridized carbons (Fsp3) is 0. The van der Waals surface area contributed by atoms with E-state index >= 15 is 0 Å². The van der Waals surface area contributed by atoms with Crippen molar-refractivity contribution in [2.75, 3.05) is 0 Å². The summed E-state index contributed by atoms with van der Waals surface area (Å²) >= 11 is 12.0. The Hall–Kier alpha value is -2.04. The highest BCUT2D eigenvalue weighted by molar-refractivity contribution is 6.34. The largest absolute Gasteiger partial charge is 0.478 e. The maximum Gasteiger partial charge on any atom is 0.335 e. The lowest BCUT2D eigenvalue weighted by molar-refractivity contribution is 0.0697. The first-order valence-electron chi connectivity index (χ1n) is 5.71. The topological polar surface area (TPSA) is 55.1 Å². The second kappa shape index (κ2) is 4.81. The van der Waals surface area contributed by atoms with Gasteiger partial charge in [-0.3, -0.25) is 4.57 Å². The maximum absolute atomic E-state index is 11.1. The standard InChI is InChI=1S/C14H8Cl2N2O2/c15-9-4-10(16)6-11(5-9)18-7-17-12-2-1-8(14(19)20)3-13(12)18/h1-7H,(H,19,20). The second-order valence-corrected chi connectivity index (χ2v) is 5.12. The van der Waals surface area contributed by atoms with Gasteiger partial charge in [0.1, 0.15) is 6.33 Å². The van der Waals surface area contributed by atoms with E-state index in [4.69, 9.17) is 28.3 Å². The van der Waals surface area contributed by atoms with Crippen LogP contribution in [0.5, 0.6) is 0 Å². The summed E-state index contributed by atoms with van der Waals surface area (Å²) in [4.78, 5) is 15.3. The van der Waals surface area contributed by atoms with Gasteiger partial charge in [-0.15, -0.1) is 0 Å². The molecule has 1 N–H and O–H groups in total. The van der Waals surface area contributed by atoms with Crippen molar-refractivity contribution in [1.29, 1.82) is 0 Å². The Morgan fingerprint density at radius 3 is 2.45 bits per heavy atom. The van der Waals surface area contributed by atoms with Gasteiger partial charge in [0, 0.05) is 10.0 Å². The van der Waals surface area contributed by atoms with Crippen LogP contribution in [0.1, 0.15) is 10.4 Å². The number of aromatic nitrogens is 2. The predicted molar refractivity (Wildman–Crippen MR) is 78.0 cm³/mol. The SMILES string of the molecule is O=C(O)c1ccc2ncn(-c3cc(Cl)cc(Cl)c3)c2c1. The van der Waals surface area contributed by atoms with E-state index in [1.165, 1.54) is 6.07 Å². The maximum atomic E-state index is 11.1. The van der Waals surface area contributed by atoms with Crippen molar-refractivity contribution >= 4 is 40.2 Å². The summed E-state index contributed by atoms with van der Waals surface area (Å²) < 4.78 is 1.75. The van der Waals surface area contributed by atoms with Gasteiger partial charge in [-0.25, -0.2) is 9.78 Å². The van der Waals surface area contributed by atoms with Crippen LogP contribution >= 0.6 is 23.2 Å². The molecule has 1 heterocycles. The minimum Gasteiger partial charge on any atom is -0.478 e. The minimum absolute atomic E-state index is 0.201. The Morgan fingerprint density at radius 1 is 1.10 bits per heavy atom. The van der Waals surface area contributed by atoms with Gasteiger partial charge in [0.15, 0.2) is 0 Å². The summed E-state index contributed by atoms with van der Waals surface area (Å²) in [5.74, 6) is -0.983. The average Bonchev–Trinajstić information content (AvgIpc) is 2.80. The molecule has 2 aromatic carbocycles. The number of benzene rings is 2. The van der Waals surface area contributed by atoms with Crippen molar-refractivity contribution in [3.05, 3.63) is 58.3 Å². The number of fused-ring (bicyclic) bond motifs is 1. The number of hydrogen-bond donors (Lipinski definition) is 1. The molecule has 0 aliphatic heterocycles. The van der Waals surface area contributed by atoms with Gasteiger partial charge >= 0.3 is 5.97 Å². The molecule has 1 aromatic heterocycles. The number of imidazole rings is 1. The Kier molecular flexibility index (Phi) is 3.12. The molecular formula is C14H8Cl2N2O2.